The number of rotatable bonds is 7. The van der Waals surface area contributed by atoms with Gasteiger partial charge in [0.25, 0.3) is 0 Å². The molecular weight excluding hydrogens is 348 g/mol. The van der Waals surface area contributed by atoms with Crippen LogP contribution in [0.1, 0.15) is 23.5 Å². The summed E-state index contributed by atoms with van der Waals surface area (Å²) in [7, 11) is 1.57. The minimum atomic E-state index is -2.76. The molecule has 0 saturated heterocycles. The maximum absolute atomic E-state index is 12.9. The van der Waals surface area contributed by atoms with Crippen LogP contribution in [-0.2, 0) is 16.0 Å². The summed E-state index contributed by atoms with van der Waals surface area (Å²) < 4.78 is 31.4. The fourth-order valence-corrected chi connectivity index (χ4v) is 2.47. The first-order valence-electron chi connectivity index (χ1n) is 7.74. The largest absolute Gasteiger partial charge is 0.482 e. The second kappa shape index (κ2) is 7.94. The highest BCUT2D eigenvalue weighted by Gasteiger charge is 2.21. The van der Waals surface area contributed by atoms with E-state index in [1.165, 1.54) is 11.8 Å². The summed E-state index contributed by atoms with van der Waals surface area (Å²) in [6, 6.07) is 6.31. The molecule has 1 amide bonds. The Balaban J connectivity index is 2.09. The van der Waals surface area contributed by atoms with Crippen molar-refractivity contribution in [1.29, 1.82) is 0 Å². The van der Waals surface area contributed by atoms with Gasteiger partial charge in [0, 0.05) is 24.0 Å². The van der Waals surface area contributed by atoms with Crippen molar-refractivity contribution in [2.45, 2.75) is 26.8 Å². The SMILES string of the molecule is Cc1nn(C(F)F)c(C)c1CC(=O)N(C)c1ccc(OCC(=O)O)cc1. The molecule has 1 heterocycles. The summed E-state index contributed by atoms with van der Waals surface area (Å²) in [5, 5.41) is 12.4. The van der Waals surface area contributed by atoms with Crippen LogP contribution in [0, 0.1) is 13.8 Å². The average molecular weight is 367 g/mol. The number of ether oxygens (including phenoxy) is 1. The number of amides is 1. The van der Waals surface area contributed by atoms with E-state index >= 15 is 0 Å². The van der Waals surface area contributed by atoms with Crippen molar-refractivity contribution < 1.29 is 28.2 Å². The van der Waals surface area contributed by atoms with E-state index in [2.05, 4.69) is 5.10 Å². The lowest BCUT2D eigenvalue weighted by Crippen LogP contribution is -2.28. The third-order valence-electron chi connectivity index (χ3n) is 3.95. The van der Waals surface area contributed by atoms with Crippen molar-refractivity contribution in [2.75, 3.05) is 18.6 Å². The molecule has 0 radical (unpaired) electrons. The Morgan fingerprint density at radius 2 is 1.88 bits per heavy atom. The van der Waals surface area contributed by atoms with Crippen LogP contribution in [0.2, 0.25) is 0 Å². The van der Waals surface area contributed by atoms with Gasteiger partial charge in [0.05, 0.1) is 12.1 Å². The van der Waals surface area contributed by atoms with Gasteiger partial charge in [-0.3, -0.25) is 4.79 Å². The molecule has 1 aromatic heterocycles. The van der Waals surface area contributed by atoms with Gasteiger partial charge in [-0.1, -0.05) is 0 Å². The van der Waals surface area contributed by atoms with E-state index in [0.29, 0.717) is 27.4 Å². The first-order valence-corrected chi connectivity index (χ1v) is 7.74. The number of carbonyl (C=O) groups is 2. The molecule has 0 bridgehead atoms. The molecule has 0 fully saturated rings. The number of carboxylic acid groups (broad SMARTS) is 1. The van der Waals surface area contributed by atoms with Gasteiger partial charge in [0.15, 0.2) is 6.61 Å². The van der Waals surface area contributed by atoms with E-state index in [-0.39, 0.29) is 18.0 Å². The number of benzene rings is 1. The van der Waals surface area contributed by atoms with Crippen LogP contribution in [0.3, 0.4) is 0 Å². The van der Waals surface area contributed by atoms with Crippen LogP contribution in [-0.4, -0.2) is 40.4 Å². The predicted molar refractivity (Wildman–Crippen MR) is 89.6 cm³/mol. The maximum Gasteiger partial charge on any atom is 0.341 e. The van der Waals surface area contributed by atoms with Crippen molar-refractivity contribution >= 4 is 17.6 Å². The number of aliphatic carboxylic acids is 1. The molecule has 2 aromatic rings. The molecule has 0 aliphatic heterocycles. The van der Waals surface area contributed by atoms with E-state index in [1.807, 2.05) is 0 Å². The number of alkyl halides is 2. The third-order valence-corrected chi connectivity index (χ3v) is 3.95. The first-order chi connectivity index (χ1) is 12.2. The topological polar surface area (TPSA) is 84.7 Å². The number of hydrogen-bond acceptors (Lipinski definition) is 4. The Kier molecular flexibility index (Phi) is 5.91. The summed E-state index contributed by atoms with van der Waals surface area (Å²) in [6.45, 7) is -0.124. The normalized spacial score (nSPS) is 10.8. The van der Waals surface area contributed by atoms with Crippen LogP contribution in [0.25, 0.3) is 0 Å². The molecule has 1 aromatic carbocycles. The lowest BCUT2D eigenvalue weighted by Gasteiger charge is -2.18. The zero-order chi connectivity index (χ0) is 19.4. The zero-order valence-corrected chi connectivity index (χ0v) is 14.6. The van der Waals surface area contributed by atoms with Gasteiger partial charge in [0.1, 0.15) is 5.75 Å². The average Bonchev–Trinajstić information content (AvgIpc) is 2.88. The molecule has 7 nitrogen and oxygen atoms in total. The third kappa shape index (κ3) is 4.35. The number of aromatic nitrogens is 2. The van der Waals surface area contributed by atoms with Gasteiger partial charge in [0.2, 0.25) is 5.91 Å². The lowest BCUT2D eigenvalue weighted by molar-refractivity contribution is -0.139. The quantitative estimate of drug-likeness (QED) is 0.813. The van der Waals surface area contributed by atoms with Gasteiger partial charge in [-0.15, -0.1) is 0 Å². The molecule has 0 aliphatic carbocycles. The fourth-order valence-electron chi connectivity index (χ4n) is 2.47. The summed E-state index contributed by atoms with van der Waals surface area (Å²) in [5.74, 6) is -1.01. The first kappa shape index (κ1) is 19.4. The van der Waals surface area contributed by atoms with Crippen molar-refractivity contribution in [2.24, 2.45) is 0 Å². The summed E-state index contributed by atoms with van der Waals surface area (Å²) >= 11 is 0. The van der Waals surface area contributed by atoms with Crippen LogP contribution in [0.15, 0.2) is 24.3 Å². The van der Waals surface area contributed by atoms with E-state index < -0.39 is 19.1 Å². The molecule has 1 N–H and O–H groups in total. The second-order valence-electron chi connectivity index (χ2n) is 5.68. The van der Waals surface area contributed by atoms with Gasteiger partial charge in [-0.2, -0.15) is 13.9 Å². The maximum atomic E-state index is 12.9. The summed E-state index contributed by atoms with van der Waals surface area (Å²) in [5.41, 5.74) is 1.69. The van der Waals surface area contributed by atoms with E-state index in [1.54, 1.807) is 38.2 Å². The Morgan fingerprint density at radius 3 is 2.38 bits per heavy atom. The molecule has 0 unspecified atom stereocenters. The predicted octanol–water partition coefficient (Wildman–Crippen LogP) is 2.56. The van der Waals surface area contributed by atoms with Crippen molar-refractivity contribution in [3.8, 4) is 5.75 Å². The monoisotopic (exact) mass is 367 g/mol. The molecule has 0 saturated carbocycles. The number of halogens is 2. The minimum absolute atomic E-state index is 0.0574. The van der Waals surface area contributed by atoms with Crippen molar-refractivity contribution in [3.05, 3.63) is 41.2 Å². The van der Waals surface area contributed by atoms with Crippen LogP contribution in [0.5, 0.6) is 5.75 Å². The van der Waals surface area contributed by atoms with Gasteiger partial charge < -0.3 is 14.7 Å². The molecule has 26 heavy (non-hydrogen) atoms. The molecule has 0 spiro atoms. The van der Waals surface area contributed by atoms with Crippen molar-refractivity contribution in [3.63, 3.8) is 0 Å². The molecule has 0 atom stereocenters. The Morgan fingerprint density at radius 1 is 1.27 bits per heavy atom. The highest BCUT2D eigenvalue weighted by atomic mass is 19.3. The molecular formula is C17H19F2N3O4. The standard InChI is InChI=1S/C17H19F2N3O4/c1-10-14(11(2)22(20-10)17(18)19)8-15(23)21(3)12-4-6-13(7-5-12)26-9-16(24)25/h4-7,17H,8-9H2,1-3H3,(H,24,25). The highest BCUT2D eigenvalue weighted by molar-refractivity contribution is 5.94. The molecule has 2 rings (SSSR count). The number of aryl methyl sites for hydroxylation is 1. The Hall–Kier alpha value is -2.97. The van der Waals surface area contributed by atoms with E-state index in [0.717, 1.165) is 0 Å². The van der Waals surface area contributed by atoms with Gasteiger partial charge in [-0.05, 0) is 38.1 Å². The van der Waals surface area contributed by atoms with E-state index in [4.69, 9.17) is 9.84 Å². The number of nitrogens with zero attached hydrogens (tertiary/aromatic N) is 3. The summed E-state index contributed by atoms with van der Waals surface area (Å²) in [4.78, 5) is 24.4. The number of anilines is 1. The van der Waals surface area contributed by atoms with Crippen LogP contribution < -0.4 is 9.64 Å². The number of hydrogen-bond donors (Lipinski definition) is 1. The fraction of sp³-hybridized carbons (Fsp3) is 0.353. The Labute approximate surface area is 148 Å². The highest BCUT2D eigenvalue weighted by Crippen LogP contribution is 2.22. The van der Waals surface area contributed by atoms with Crippen LogP contribution in [0.4, 0.5) is 14.5 Å². The second-order valence-corrected chi connectivity index (χ2v) is 5.68. The molecule has 140 valence electrons. The van der Waals surface area contributed by atoms with Crippen LogP contribution >= 0.6 is 0 Å². The lowest BCUT2D eigenvalue weighted by atomic mass is 10.1. The van der Waals surface area contributed by atoms with Crippen molar-refractivity contribution in [1.82, 2.24) is 9.78 Å². The summed E-state index contributed by atoms with van der Waals surface area (Å²) in [6.07, 6.45) is -0.0574. The Bertz CT molecular complexity index is 803. The minimum Gasteiger partial charge on any atom is -0.482 e. The smallest absolute Gasteiger partial charge is 0.341 e. The van der Waals surface area contributed by atoms with Gasteiger partial charge in [-0.25, -0.2) is 9.48 Å². The number of likely N-dealkylation sites (N-methyl/N-ethyl adjacent to an activating group) is 1. The number of carboxylic acids is 1. The molecule has 0 aliphatic rings. The number of carbonyl (C=O) groups excluding carboxylic acids is 1. The zero-order valence-electron chi connectivity index (χ0n) is 14.6. The van der Waals surface area contributed by atoms with E-state index in [9.17, 15) is 18.4 Å². The molecule has 9 heteroatoms. The van der Waals surface area contributed by atoms with Gasteiger partial charge >= 0.3 is 12.5 Å².